The van der Waals surface area contributed by atoms with Crippen LogP contribution in [0.2, 0.25) is 0 Å². The molecule has 110 valence electrons. The molecule has 0 bridgehead atoms. The van der Waals surface area contributed by atoms with Crippen LogP contribution in [0, 0.1) is 11.3 Å². The molecule has 1 aromatic heterocycles. The van der Waals surface area contributed by atoms with Gasteiger partial charge >= 0.3 is 0 Å². The van der Waals surface area contributed by atoms with Gasteiger partial charge in [-0.1, -0.05) is 13.0 Å². The van der Waals surface area contributed by atoms with Crippen molar-refractivity contribution in [1.29, 1.82) is 5.26 Å². The highest BCUT2D eigenvalue weighted by molar-refractivity contribution is 7.89. The maximum atomic E-state index is 12.6. The fourth-order valence-electron chi connectivity index (χ4n) is 2.00. The number of aryl methyl sites for hydroxylation is 1. The highest BCUT2D eigenvalue weighted by atomic mass is 32.2. The summed E-state index contributed by atoms with van der Waals surface area (Å²) in [4.78, 5) is 0.132. The quantitative estimate of drug-likeness (QED) is 0.838. The third-order valence-electron chi connectivity index (χ3n) is 3.07. The van der Waals surface area contributed by atoms with Crippen molar-refractivity contribution in [2.45, 2.75) is 18.4 Å². The summed E-state index contributed by atoms with van der Waals surface area (Å²) >= 11 is 0. The van der Waals surface area contributed by atoms with E-state index >= 15 is 0 Å². The summed E-state index contributed by atoms with van der Waals surface area (Å²) in [7, 11) is -1.85. The van der Waals surface area contributed by atoms with Gasteiger partial charge < -0.3 is 0 Å². The molecular formula is C14H16N4O2S. The van der Waals surface area contributed by atoms with Gasteiger partial charge in [-0.25, -0.2) is 8.42 Å². The Bertz CT molecular complexity index is 774. The average Bonchev–Trinajstić information content (AvgIpc) is 2.90. The Morgan fingerprint density at radius 1 is 1.43 bits per heavy atom. The molecule has 0 spiro atoms. The number of rotatable bonds is 5. The average molecular weight is 304 g/mol. The second-order valence-electron chi connectivity index (χ2n) is 4.59. The number of sulfonamides is 1. The SMILES string of the molecule is CCN(Cc1cnn(C)c1)S(=O)(=O)c1cccc(C#N)c1. The van der Waals surface area contributed by atoms with E-state index < -0.39 is 10.0 Å². The highest BCUT2D eigenvalue weighted by Crippen LogP contribution is 2.19. The van der Waals surface area contributed by atoms with E-state index in [0.29, 0.717) is 12.1 Å². The molecule has 0 unspecified atom stereocenters. The third-order valence-corrected chi connectivity index (χ3v) is 4.99. The third kappa shape index (κ3) is 3.29. The molecular weight excluding hydrogens is 288 g/mol. The summed E-state index contributed by atoms with van der Waals surface area (Å²) in [6.07, 6.45) is 3.42. The van der Waals surface area contributed by atoms with Gasteiger partial charge in [-0.15, -0.1) is 0 Å². The molecule has 0 aliphatic heterocycles. The van der Waals surface area contributed by atoms with Gasteiger partial charge in [-0.05, 0) is 18.2 Å². The molecule has 1 aromatic carbocycles. The zero-order valence-corrected chi connectivity index (χ0v) is 12.7. The predicted molar refractivity (Wildman–Crippen MR) is 77.6 cm³/mol. The molecule has 0 N–H and O–H groups in total. The molecule has 0 amide bonds. The lowest BCUT2D eigenvalue weighted by Crippen LogP contribution is -2.30. The van der Waals surface area contributed by atoms with Crippen LogP contribution in [0.25, 0.3) is 0 Å². The van der Waals surface area contributed by atoms with Crippen LogP contribution in [0.3, 0.4) is 0 Å². The Labute approximate surface area is 124 Å². The van der Waals surface area contributed by atoms with Crippen LogP contribution in [-0.2, 0) is 23.6 Å². The number of hydrogen-bond acceptors (Lipinski definition) is 4. The zero-order chi connectivity index (χ0) is 15.5. The molecule has 0 aliphatic rings. The molecule has 1 heterocycles. The molecule has 2 rings (SSSR count). The van der Waals surface area contributed by atoms with Gasteiger partial charge in [-0.2, -0.15) is 14.7 Å². The molecule has 2 aromatic rings. The molecule has 0 fully saturated rings. The lowest BCUT2D eigenvalue weighted by molar-refractivity contribution is 0.423. The Hall–Kier alpha value is -2.17. The van der Waals surface area contributed by atoms with Gasteiger partial charge in [-0.3, -0.25) is 4.68 Å². The number of nitriles is 1. The van der Waals surface area contributed by atoms with Crippen molar-refractivity contribution in [3.63, 3.8) is 0 Å². The standard InChI is InChI=1S/C14H16N4O2S/c1-3-18(11-13-9-16-17(2)10-13)21(19,20)14-6-4-5-12(7-14)8-15/h4-7,9-10H,3,11H2,1-2H3. The van der Waals surface area contributed by atoms with E-state index in [9.17, 15) is 8.42 Å². The molecule has 21 heavy (non-hydrogen) atoms. The Balaban J connectivity index is 2.33. The van der Waals surface area contributed by atoms with Crippen LogP contribution in [0.5, 0.6) is 0 Å². The van der Waals surface area contributed by atoms with Gasteiger partial charge in [0.2, 0.25) is 10.0 Å². The van der Waals surface area contributed by atoms with Crippen molar-refractivity contribution in [2.24, 2.45) is 7.05 Å². The van der Waals surface area contributed by atoms with Crippen molar-refractivity contribution in [1.82, 2.24) is 14.1 Å². The van der Waals surface area contributed by atoms with Crippen LogP contribution in [-0.4, -0.2) is 29.0 Å². The molecule has 0 radical (unpaired) electrons. The minimum Gasteiger partial charge on any atom is -0.275 e. The van der Waals surface area contributed by atoms with E-state index in [1.54, 1.807) is 43.2 Å². The lowest BCUT2D eigenvalue weighted by Gasteiger charge is -2.19. The Kier molecular flexibility index (Phi) is 4.40. The van der Waals surface area contributed by atoms with Crippen LogP contribution < -0.4 is 0 Å². The first kappa shape index (κ1) is 15.2. The molecule has 0 aliphatic carbocycles. The second kappa shape index (κ2) is 6.08. The van der Waals surface area contributed by atoms with Crippen LogP contribution in [0.15, 0.2) is 41.6 Å². The maximum absolute atomic E-state index is 12.6. The van der Waals surface area contributed by atoms with Gasteiger partial charge in [0, 0.05) is 31.9 Å². The molecule has 0 atom stereocenters. The first-order chi connectivity index (χ1) is 9.97. The first-order valence-corrected chi connectivity index (χ1v) is 7.89. The van der Waals surface area contributed by atoms with Crippen molar-refractivity contribution < 1.29 is 8.42 Å². The summed E-state index contributed by atoms with van der Waals surface area (Å²) in [5, 5.41) is 12.9. The van der Waals surface area contributed by atoms with Crippen molar-refractivity contribution in [3.8, 4) is 6.07 Å². The highest BCUT2D eigenvalue weighted by Gasteiger charge is 2.23. The van der Waals surface area contributed by atoms with Gasteiger partial charge in [0.1, 0.15) is 0 Å². The maximum Gasteiger partial charge on any atom is 0.243 e. The van der Waals surface area contributed by atoms with Gasteiger partial charge in [0.05, 0.1) is 22.7 Å². The Morgan fingerprint density at radius 3 is 2.76 bits per heavy atom. The second-order valence-corrected chi connectivity index (χ2v) is 6.53. The van der Waals surface area contributed by atoms with Gasteiger partial charge in [0.15, 0.2) is 0 Å². The summed E-state index contributed by atoms with van der Waals surface area (Å²) in [5.74, 6) is 0. The van der Waals surface area contributed by atoms with E-state index in [-0.39, 0.29) is 11.4 Å². The smallest absolute Gasteiger partial charge is 0.243 e. The van der Waals surface area contributed by atoms with Crippen molar-refractivity contribution in [2.75, 3.05) is 6.54 Å². The van der Waals surface area contributed by atoms with E-state index in [1.807, 2.05) is 6.07 Å². The lowest BCUT2D eigenvalue weighted by atomic mass is 10.2. The number of hydrogen-bond donors (Lipinski definition) is 0. The van der Waals surface area contributed by atoms with E-state index in [0.717, 1.165) is 5.56 Å². The Morgan fingerprint density at radius 2 is 2.19 bits per heavy atom. The minimum atomic E-state index is -3.63. The van der Waals surface area contributed by atoms with Gasteiger partial charge in [0.25, 0.3) is 0 Å². The van der Waals surface area contributed by atoms with E-state index in [4.69, 9.17) is 5.26 Å². The zero-order valence-electron chi connectivity index (χ0n) is 11.9. The molecule has 0 saturated heterocycles. The van der Waals surface area contributed by atoms with E-state index in [1.165, 1.54) is 16.4 Å². The predicted octanol–water partition coefficient (Wildman–Crippen LogP) is 1.50. The van der Waals surface area contributed by atoms with E-state index in [2.05, 4.69) is 5.10 Å². The molecule has 0 saturated carbocycles. The number of aromatic nitrogens is 2. The fourth-order valence-corrected chi connectivity index (χ4v) is 3.48. The van der Waals surface area contributed by atoms with Crippen LogP contribution >= 0.6 is 0 Å². The summed E-state index contributed by atoms with van der Waals surface area (Å²) in [6, 6.07) is 8.00. The summed E-state index contributed by atoms with van der Waals surface area (Å²) in [6.45, 7) is 2.37. The van der Waals surface area contributed by atoms with Crippen LogP contribution in [0.1, 0.15) is 18.1 Å². The first-order valence-electron chi connectivity index (χ1n) is 6.45. The minimum absolute atomic E-state index is 0.132. The monoisotopic (exact) mass is 304 g/mol. The molecule has 7 heteroatoms. The largest absolute Gasteiger partial charge is 0.275 e. The topological polar surface area (TPSA) is 79.0 Å². The number of nitrogens with zero attached hydrogens (tertiary/aromatic N) is 4. The van der Waals surface area contributed by atoms with Crippen molar-refractivity contribution in [3.05, 3.63) is 47.8 Å². The summed E-state index contributed by atoms with van der Waals surface area (Å²) in [5.41, 5.74) is 1.15. The number of benzene rings is 1. The van der Waals surface area contributed by atoms with Crippen LogP contribution in [0.4, 0.5) is 0 Å². The van der Waals surface area contributed by atoms with Crippen molar-refractivity contribution >= 4 is 10.0 Å². The fraction of sp³-hybridized carbons (Fsp3) is 0.286. The molecule has 6 nitrogen and oxygen atoms in total. The normalized spacial score (nSPS) is 11.5. The summed E-state index contributed by atoms with van der Waals surface area (Å²) < 4.78 is 28.3.